The lowest BCUT2D eigenvalue weighted by atomic mass is 9.95. The van der Waals surface area contributed by atoms with Crippen LogP contribution in [-0.4, -0.2) is 95.0 Å². The van der Waals surface area contributed by atoms with Gasteiger partial charge in [-0.2, -0.15) is 0 Å². The highest BCUT2D eigenvalue weighted by atomic mass is 16.6. The first-order valence-corrected chi connectivity index (χ1v) is 7.84. The maximum Gasteiger partial charge on any atom is 0.305 e. The second kappa shape index (κ2) is 7.59. The Labute approximate surface area is 142 Å². The number of hydrogen-bond acceptors (Lipinski definition) is 10. The molecule has 5 N–H and O–H groups in total. The van der Waals surface area contributed by atoms with Crippen molar-refractivity contribution in [1.29, 1.82) is 0 Å². The van der Waals surface area contributed by atoms with E-state index in [9.17, 15) is 20.1 Å². The van der Waals surface area contributed by atoms with Gasteiger partial charge in [0.1, 0.15) is 24.4 Å². The van der Waals surface area contributed by atoms with E-state index in [4.69, 9.17) is 19.1 Å². The minimum atomic E-state index is -1.66. The van der Waals surface area contributed by atoms with Crippen molar-refractivity contribution in [3.63, 3.8) is 0 Å². The van der Waals surface area contributed by atoms with E-state index in [0.29, 0.717) is 26.3 Å². The average Bonchev–Trinajstić information content (AvgIpc) is 3.09. The van der Waals surface area contributed by atoms with Crippen LogP contribution in [0.1, 0.15) is 0 Å². The van der Waals surface area contributed by atoms with Gasteiger partial charge < -0.3 is 29.9 Å². The van der Waals surface area contributed by atoms with Crippen molar-refractivity contribution in [2.45, 2.75) is 30.5 Å². The van der Waals surface area contributed by atoms with E-state index in [1.54, 1.807) is 0 Å². The van der Waals surface area contributed by atoms with Gasteiger partial charge in [0.05, 0.1) is 37.7 Å². The fourth-order valence-corrected chi connectivity index (χ4v) is 2.70. The summed E-state index contributed by atoms with van der Waals surface area (Å²) in [5, 5.41) is 46.5. The highest BCUT2D eigenvalue weighted by molar-refractivity contribution is 5.93. The molecule has 0 saturated carbocycles. The third-order valence-corrected chi connectivity index (χ3v) is 4.13. The van der Waals surface area contributed by atoms with Gasteiger partial charge in [0, 0.05) is 0 Å². The number of carbonyl (C=O) groups excluding carboxylic acids is 1. The van der Waals surface area contributed by atoms with Crippen LogP contribution in [0.25, 0.3) is 0 Å². The number of morpholine rings is 1. The molecule has 0 radical (unpaired) electrons. The summed E-state index contributed by atoms with van der Waals surface area (Å²) in [5.41, 5.74) is 0. The second-order valence-corrected chi connectivity index (χ2v) is 5.79. The van der Waals surface area contributed by atoms with Crippen LogP contribution in [0.3, 0.4) is 0 Å². The standard InChI is InChI=1S/C13H20N4O8/c18-6-7-9(19)10(20)11(21)12(24-7)13(22)14-8-5-17(15-25-8)16-1-3-23-4-2-16/h5,7,9-12,18-21H,1-4,6H2/p+1/t7-,9+,10+,11-,12-/m1/s1. The number of nitrogens with one attached hydrogen (secondary N) is 1. The van der Waals surface area contributed by atoms with Crippen LogP contribution in [0.2, 0.25) is 0 Å². The number of anilines is 1. The number of ether oxygens (including phenoxy) is 2. The number of hydrogen-bond donors (Lipinski definition) is 5. The van der Waals surface area contributed by atoms with Gasteiger partial charge in [-0.05, 0) is 0 Å². The van der Waals surface area contributed by atoms with Crippen LogP contribution in [0.5, 0.6) is 0 Å². The van der Waals surface area contributed by atoms with Gasteiger partial charge in [-0.15, -0.1) is 5.01 Å². The molecule has 140 valence electrons. The Morgan fingerprint density at radius 2 is 2.00 bits per heavy atom. The summed E-state index contributed by atoms with van der Waals surface area (Å²) in [5.74, 6) is -0.796. The quantitative estimate of drug-likeness (QED) is 0.332. The van der Waals surface area contributed by atoms with Crippen molar-refractivity contribution >= 4 is 11.8 Å². The third-order valence-electron chi connectivity index (χ3n) is 4.13. The summed E-state index contributed by atoms with van der Waals surface area (Å²) >= 11 is 0. The van der Waals surface area contributed by atoms with E-state index in [-0.39, 0.29) is 5.88 Å². The van der Waals surface area contributed by atoms with Crippen molar-refractivity contribution in [3.05, 3.63) is 6.20 Å². The van der Waals surface area contributed by atoms with Gasteiger partial charge in [-0.1, -0.05) is 0 Å². The first kappa shape index (κ1) is 18.0. The van der Waals surface area contributed by atoms with Gasteiger partial charge in [-0.25, -0.2) is 0 Å². The van der Waals surface area contributed by atoms with Crippen LogP contribution in [0.15, 0.2) is 10.7 Å². The first-order chi connectivity index (χ1) is 12.0. The number of aliphatic hydroxyl groups excluding tert-OH is 4. The van der Waals surface area contributed by atoms with E-state index in [2.05, 4.69) is 10.6 Å². The Bertz CT molecular complexity index is 590. The molecule has 3 rings (SSSR count). The minimum Gasteiger partial charge on any atom is -0.394 e. The number of carbonyl (C=O) groups is 1. The van der Waals surface area contributed by atoms with Gasteiger partial charge in [0.15, 0.2) is 6.10 Å². The van der Waals surface area contributed by atoms with Crippen molar-refractivity contribution in [2.24, 2.45) is 0 Å². The normalized spacial score (nSPS) is 33.3. The zero-order valence-corrected chi connectivity index (χ0v) is 13.3. The van der Waals surface area contributed by atoms with E-state index in [0.717, 1.165) is 0 Å². The molecule has 2 aliphatic rings. The third kappa shape index (κ3) is 3.73. The maximum atomic E-state index is 12.3. The van der Waals surface area contributed by atoms with Crippen LogP contribution < -0.4 is 15.1 Å². The molecule has 25 heavy (non-hydrogen) atoms. The fourth-order valence-electron chi connectivity index (χ4n) is 2.70. The molecule has 3 heterocycles. The van der Waals surface area contributed by atoms with E-state index < -0.39 is 43.0 Å². The highest BCUT2D eigenvalue weighted by Gasteiger charge is 2.46. The molecule has 0 aliphatic carbocycles. The summed E-state index contributed by atoms with van der Waals surface area (Å²) < 4.78 is 15.4. The summed E-state index contributed by atoms with van der Waals surface area (Å²) in [6, 6.07) is 0. The molecule has 0 unspecified atom stereocenters. The van der Waals surface area contributed by atoms with Crippen molar-refractivity contribution in [1.82, 2.24) is 5.27 Å². The number of aromatic nitrogens is 2. The van der Waals surface area contributed by atoms with Crippen molar-refractivity contribution < 1.29 is 44.0 Å². The largest absolute Gasteiger partial charge is 0.394 e. The molecule has 1 amide bonds. The van der Waals surface area contributed by atoms with E-state index in [1.165, 1.54) is 11.0 Å². The molecule has 2 fully saturated rings. The zero-order valence-electron chi connectivity index (χ0n) is 13.3. The Balaban J connectivity index is 1.64. The molecule has 1 aromatic rings. The van der Waals surface area contributed by atoms with Gasteiger partial charge in [-0.3, -0.25) is 14.6 Å². The summed E-state index contributed by atoms with van der Waals surface area (Å²) in [7, 11) is 0. The lowest BCUT2D eigenvalue weighted by Gasteiger charge is -2.38. The monoisotopic (exact) mass is 361 g/mol. The predicted octanol–water partition coefficient (Wildman–Crippen LogP) is -4.29. The Kier molecular flexibility index (Phi) is 5.46. The first-order valence-electron chi connectivity index (χ1n) is 7.84. The molecular formula is C13H21N4O8+. The molecule has 5 atom stereocenters. The van der Waals surface area contributed by atoms with Crippen LogP contribution in [0, 0.1) is 0 Å². The average molecular weight is 361 g/mol. The van der Waals surface area contributed by atoms with Crippen LogP contribution in [0.4, 0.5) is 5.88 Å². The Morgan fingerprint density at radius 1 is 1.28 bits per heavy atom. The predicted molar refractivity (Wildman–Crippen MR) is 77.9 cm³/mol. The summed E-state index contributed by atoms with van der Waals surface area (Å²) in [6.07, 6.45) is -6.04. The van der Waals surface area contributed by atoms with Gasteiger partial charge >= 0.3 is 5.88 Å². The van der Waals surface area contributed by atoms with Gasteiger partial charge in [0.25, 0.3) is 12.1 Å². The minimum absolute atomic E-state index is 0.00783. The van der Waals surface area contributed by atoms with E-state index in [1.807, 2.05) is 5.01 Å². The molecule has 1 aromatic heterocycles. The number of aliphatic hydroxyl groups is 4. The molecule has 2 aliphatic heterocycles. The summed E-state index contributed by atoms with van der Waals surface area (Å²) in [4.78, 5) is 13.7. The zero-order chi connectivity index (χ0) is 18.0. The van der Waals surface area contributed by atoms with E-state index >= 15 is 0 Å². The molecule has 12 nitrogen and oxygen atoms in total. The van der Waals surface area contributed by atoms with Gasteiger partial charge in [0.2, 0.25) is 5.27 Å². The SMILES string of the molecule is O=C(Nc1c[n+](N2CCOCC2)no1)[C@@H]1O[C@H](CO)[C@H](O)[C@H](O)[C@H]1O. The Hall–Kier alpha value is -1.83. The topological polar surface area (TPSA) is 162 Å². The smallest absolute Gasteiger partial charge is 0.305 e. The molecule has 0 aromatic carbocycles. The molecule has 12 heteroatoms. The molecule has 0 spiro atoms. The Morgan fingerprint density at radius 3 is 2.68 bits per heavy atom. The lowest BCUT2D eigenvalue weighted by molar-refractivity contribution is -0.759. The number of amides is 1. The van der Waals surface area contributed by atoms with Crippen LogP contribution >= 0.6 is 0 Å². The maximum absolute atomic E-state index is 12.3. The molecule has 2 saturated heterocycles. The summed E-state index contributed by atoms with van der Waals surface area (Å²) in [6.45, 7) is 1.70. The fraction of sp³-hybridized carbons (Fsp3) is 0.769. The second-order valence-electron chi connectivity index (χ2n) is 5.79. The highest BCUT2D eigenvalue weighted by Crippen LogP contribution is 2.22. The number of nitrogens with zero attached hydrogens (tertiary/aromatic N) is 3. The van der Waals surface area contributed by atoms with Crippen molar-refractivity contribution in [3.8, 4) is 0 Å². The lowest BCUT2D eigenvalue weighted by Crippen LogP contribution is -2.62. The number of rotatable bonds is 4. The van der Waals surface area contributed by atoms with Crippen LogP contribution in [-0.2, 0) is 14.3 Å². The molecular weight excluding hydrogens is 340 g/mol. The molecule has 0 bridgehead atoms. The van der Waals surface area contributed by atoms with Crippen molar-refractivity contribution in [2.75, 3.05) is 43.2 Å².